The summed E-state index contributed by atoms with van der Waals surface area (Å²) in [6, 6.07) is 9.58. The van der Waals surface area contributed by atoms with E-state index in [1.54, 1.807) is 12.1 Å². The van der Waals surface area contributed by atoms with Gasteiger partial charge in [-0.1, -0.05) is 30.4 Å². The van der Waals surface area contributed by atoms with E-state index in [-0.39, 0.29) is 34.8 Å². The quantitative estimate of drug-likeness (QED) is 0.281. The number of carbonyl (C=O) groups excluding carboxylic acids is 3. The monoisotopic (exact) mass is 569 g/mol. The molecule has 8 heteroatoms. The normalized spacial score (nSPS) is 21.9. The summed E-state index contributed by atoms with van der Waals surface area (Å²) >= 11 is 0. The zero-order valence-corrected chi connectivity index (χ0v) is 24.1. The van der Waals surface area contributed by atoms with E-state index < -0.39 is 24.0 Å². The van der Waals surface area contributed by atoms with Crippen LogP contribution in [0.15, 0.2) is 41.2 Å². The van der Waals surface area contributed by atoms with E-state index in [1.807, 2.05) is 35.8 Å². The second kappa shape index (κ2) is 11.6. The van der Waals surface area contributed by atoms with Crippen LogP contribution in [-0.4, -0.2) is 35.5 Å². The molecular formula is C34H35NO7. The van der Waals surface area contributed by atoms with Gasteiger partial charge >= 0.3 is 11.9 Å². The minimum Gasteiger partial charge on any atom is -0.495 e. The molecule has 6 rings (SSSR count). The molecule has 0 saturated heterocycles. The summed E-state index contributed by atoms with van der Waals surface area (Å²) in [5, 5.41) is 0.939. The van der Waals surface area contributed by atoms with Crippen molar-refractivity contribution in [3.8, 4) is 11.5 Å². The summed E-state index contributed by atoms with van der Waals surface area (Å²) in [5.41, 5.74) is 3.64. The molecule has 2 atom stereocenters. The number of aryl methyl sites for hydroxylation is 2. The summed E-state index contributed by atoms with van der Waals surface area (Å²) < 4.78 is 19.3. The average molecular weight is 570 g/mol. The topological polar surface area (TPSA) is 101 Å². The number of pyridine rings is 1. The van der Waals surface area contributed by atoms with Crippen LogP contribution in [0.25, 0.3) is 17.0 Å². The van der Waals surface area contributed by atoms with E-state index in [1.165, 1.54) is 7.11 Å². The number of cyclic esters (lactones) is 1. The van der Waals surface area contributed by atoms with Crippen LogP contribution in [0, 0.1) is 0 Å². The summed E-state index contributed by atoms with van der Waals surface area (Å²) in [7, 11) is 1.48. The van der Waals surface area contributed by atoms with Crippen molar-refractivity contribution in [3.05, 3.63) is 74.6 Å². The second-order valence-electron chi connectivity index (χ2n) is 11.5. The van der Waals surface area contributed by atoms with Gasteiger partial charge in [0.2, 0.25) is 0 Å². The molecule has 1 unspecified atom stereocenters. The predicted octanol–water partition coefficient (Wildman–Crippen LogP) is 5.88. The number of aromatic nitrogens is 1. The Labute approximate surface area is 244 Å². The van der Waals surface area contributed by atoms with E-state index in [2.05, 4.69) is 6.07 Å². The van der Waals surface area contributed by atoms with Crippen LogP contribution in [0.2, 0.25) is 0 Å². The molecule has 2 aromatic carbocycles. The molecule has 0 amide bonds. The Morgan fingerprint density at radius 3 is 2.67 bits per heavy atom. The molecule has 0 radical (unpaired) electrons. The van der Waals surface area contributed by atoms with Crippen LogP contribution in [0.1, 0.15) is 96.8 Å². The van der Waals surface area contributed by atoms with Gasteiger partial charge in [-0.2, -0.15) is 0 Å². The van der Waals surface area contributed by atoms with Gasteiger partial charge in [-0.3, -0.25) is 14.4 Å². The minimum absolute atomic E-state index is 0.0576. The number of hydrogen-bond acceptors (Lipinski definition) is 7. The number of para-hydroxylation sites is 1. The summed E-state index contributed by atoms with van der Waals surface area (Å²) in [5.74, 6) is -0.961. The van der Waals surface area contributed by atoms with Gasteiger partial charge in [0.25, 0.3) is 5.56 Å². The Morgan fingerprint density at radius 1 is 1.00 bits per heavy atom. The highest BCUT2D eigenvalue weighted by atomic mass is 16.5. The number of benzene rings is 2. The molecule has 0 saturated carbocycles. The van der Waals surface area contributed by atoms with Crippen molar-refractivity contribution in [2.24, 2.45) is 0 Å². The highest BCUT2D eigenvalue weighted by Gasteiger charge is 2.38. The van der Waals surface area contributed by atoms with Crippen LogP contribution in [0.3, 0.4) is 0 Å². The molecule has 4 heterocycles. The average Bonchev–Trinajstić information content (AvgIpc) is 2.97. The Kier molecular flexibility index (Phi) is 7.71. The number of rotatable bonds is 2. The van der Waals surface area contributed by atoms with Gasteiger partial charge in [-0.15, -0.1) is 0 Å². The third kappa shape index (κ3) is 5.14. The molecule has 3 aromatic rings. The van der Waals surface area contributed by atoms with Crippen molar-refractivity contribution in [1.82, 2.24) is 4.57 Å². The van der Waals surface area contributed by atoms with Gasteiger partial charge in [-0.05, 0) is 74.1 Å². The predicted molar refractivity (Wildman–Crippen MR) is 158 cm³/mol. The molecule has 8 nitrogen and oxygen atoms in total. The maximum Gasteiger partial charge on any atom is 0.342 e. The lowest BCUT2D eigenvalue weighted by molar-refractivity contribution is -0.135. The first kappa shape index (κ1) is 27.9. The number of esters is 2. The van der Waals surface area contributed by atoms with E-state index in [4.69, 9.17) is 14.2 Å². The number of methoxy groups -OCH3 is 1. The molecule has 218 valence electrons. The molecule has 3 aliphatic heterocycles. The summed E-state index contributed by atoms with van der Waals surface area (Å²) in [6.45, 7) is 2.42. The van der Waals surface area contributed by atoms with Crippen molar-refractivity contribution in [2.45, 2.75) is 83.3 Å². The van der Waals surface area contributed by atoms with E-state index in [0.29, 0.717) is 61.8 Å². The Hall–Kier alpha value is -4.20. The number of hydrogen-bond donors (Lipinski definition) is 0. The fraction of sp³-hybridized carbons (Fsp3) is 0.412. The van der Waals surface area contributed by atoms with Crippen LogP contribution < -0.4 is 15.0 Å². The molecule has 0 N–H and O–H groups in total. The summed E-state index contributed by atoms with van der Waals surface area (Å²) in [6.07, 6.45) is 8.54. The molecule has 0 spiro atoms. The number of allylic oxidation sites excluding steroid dienone is 1. The molecule has 0 bridgehead atoms. The lowest BCUT2D eigenvalue weighted by atomic mass is 9.83. The lowest BCUT2D eigenvalue weighted by Gasteiger charge is -2.29. The molecule has 1 aromatic heterocycles. The van der Waals surface area contributed by atoms with Crippen LogP contribution in [0.5, 0.6) is 11.5 Å². The van der Waals surface area contributed by atoms with Crippen molar-refractivity contribution >= 4 is 34.7 Å². The Morgan fingerprint density at radius 2 is 1.83 bits per heavy atom. The number of nitrogens with zero attached hydrogens (tertiary/aromatic N) is 1. The largest absolute Gasteiger partial charge is 0.495 e. The van der Waals surface area contributed by atoms with Gasteiger partial charge < -0.3 is 18.8 Å². The maximum absolute atomic E-state index is 14.0. The van der Waals surface area contributed by atoms with Crippen LogP contribution in [0.4, 0.5) is 0 Å². The lowest BCUT2D eigenvalue weighted by Crippen LogP contribution is -2.32. The SMILES string of the molecule is COc1c2c(cc3c1C(c1cc4cccc5c4n(c1=O)CCC5)CC(=O)O3)/C=C/CCCC(=O)CCC[C@H](C)OC2=O. The first-order valence-corrected chi connectivity index (χ1v) is 14.9. The van der Waals surface area contributed by atoms with Crippen LogP contribution in [-0.2, 0) is 27.3 Å². The second-order valence-corrected chi connectivity index (χ2v) is 11.5. The number of Topliss-reactive ketones (excluding diaryl/α,β-unsaturated/α-hetero) is 1. The molecular weight excluding hydrogens is 534 g/mol. The molecule has 42 heavy (non-hydrogen) atoms. The van der Waals surface area contributed by atoms with Crippen molar-refractivity contribution in [2.75, 3.05) is 7.11 Å². The van der Waals surface area contributed by atoms with Crippen molar-refractivity contribution in [3.63, 3.8) is 0 Å². The third-order valence-electron chi connectivity index (χ3n) is 8.59. The number of carbonyl (C=O) groups is 3. The van der Waals surface area contributed by atoms with E-state index in [9.17, 15) is 19.2 Å². The highest BCUT2D eigenvalue weighted by molar-refractivity contribution is 5.99. The Bertz CT molecular complexity index is 1680. The van der Waals surface area contributed by atoms with Crippen molar-refractivity contribution in [1.29, 1.82) is 0 Å². The first-order valence-electron chi connectivity index (χ1n) is 14.9. The number of ketones is 1. The first-order chi connectivity index (χ1) is 20.4. The van der Waals surface area contributed by atoms with Gasteiger partial charge in [-0.25, -0.2) is 4.79 Å². The zero-order valence-electron chi connectivity index (χ0n) is 24.1. The molecule has 0 aliphatic carbocycles. The van der Waals surface area contributed by atoms with Gasteiger partial charge in [0.05, 0.1) is 25.2 Å². The van der Waals surface area contributed by atoms with Gasteiger partial charge in [0.15, 0.2) is 0 Å². The van der Waals surface area contributed by atoms with Crippen LogP contribution >= 0.6 is 0 Å². The Balaban J connectivity index is 1.53. The van der Waals surface area contributed by atoms with Gasteiger partial charge in [0.1, 0.15) is 22.8 Å². The van der Waals surface area contributed by atoms with Crippen molar-refractivity contribution < 1.29 is 28.6 Å². The standard InChI is InChI=1S/C34H35NO7/c1-20-9-6-15-24(36)14-5-3-4-10-22-18-27-30(32(40-2)29(22)34(39)41-20)25(19-28(37)42-27)26-17-23-12-7-11-21-13-8-16-35(31(21)23)33(26)38/h4,7,10-12,17-18,20,25H,3,5-6,8-9,13-16,19H2,1-2H3/b10-4+/t20-,25?/m0/s1. The fourth-order valence-electron chi connectivity index (χ4n) is 6.61. The number of fused-ring (bicyclic) bond motifs is 2. The molecule has 3 aliphatic rings. The van der Waals surface area contributed by atoms with E-state index in [0.717, 1.165) is 29.3 Å². The summed E-state index contributed by atoms with van der Waals surface area (Å²) in [4.78, 5) is 52.9. The van der Waals surface area contributed by atoms with Gasteiger partial charge in [0, 0.05) is 36.4 Å². The highest BCUT2D eigenvalue weighted by Crippen LogP contribution is 2.47. The minimum atomic E-state index is -0.666. The zero-order chi connectivity index (χ0) is 29.4. The van der Waals surface area contributed by atoms with E-state index >= 15 is 0 Å². The maximum atomic E-state index is 14.0. The molecule has 0 fully saturated rings. The smallest absolute Gasteiger partial charge is 0.342 e. The third-order valence-corrected chi connectivity index (χ3v) is 8.59. The fourth-order valence-corrected chi connectivity index (χ4v) is 6.61. The number of ether oxygens (including phenoxy) is 3.